The van der Waals surface area contributed by atoms with Crippen molar-refractivity contribution in [2.24, 2.45) is 5.92 Å². The van der Waals surface area contributed by atoms with Crippen LogP contribution in [0.15, 0.2) is 48.5 Å². The minimum absolute atomic E-state index is 0.0666. The Kier molecular flexibility index (Phi) is 5.03. The van der Waals surface area contributed by atoms with Gasteiger partial charge in [-0.1, -0.05) is 17.7 Å². The Morgan fingerprint density at radius 2 is 1.52 bits per heavy atom. The Morgan fingerprint density at radius 3 is 2.08 bits per heavy atom. The molecule has 0 aliphatic heterocycles. The van der Waals surface area contributed by atoms with Crippen LogP contribution < -0.4 is 15.4 Å². The fraction of sp³-hybridized carbons (Fsp3) is 0.300. The zero-order chi connectivity index (χ0) is 17.8. The Bertz CT molecular complexity index is 750. The van der Waals surface area contributed by atoms with Gasteiger partial charge in [-0.15, -0.1) is 0 Å². The molecule has 5 heteroatoms. The molecule has 0 unspecified atom stereocenters. The zero-order valence-electron chi connectivity index (χ0n) is 14.4. The number of nitrogens with one attached hydrogen (secondary N) is 2. The third-order valence-corrected chi connectivity index (χ3v) is 4.07. The molecule has 0 saturated heterocycles. The Morgan fingerprint density at radius 1 is 0.960 bits per heavy atom. The summed E-state index contributed by atoms with van der Waals surface area (Å²) in [5, 5.41) is 5.68. The smallest absolute Gasteiger partial charge is 0.265 e. The van der Waals surface area contributed by atoms with E-state index in [9.17, 15) is 9.59 Å². The van der Waals surface area contributed by atoms with Crippen LogP contribution in [0.3, 0.4) is 0 Å². The molecule has 5 nitrogen and oxygen atoms in total. The van der Waals surface area contributed by atoms with Crippen molar-refractivity contribution in [3.63, 3.8) is 0 Å². The highest BCUT2D eigenvalue weighted by Gasteiger charge is 2.29. The lowest BCUT2D eigenvalue weighted by Crippen LogP contribution is -2.30. The largest absolute Gasteiger partial charge is 0.481 e. The summed E-state index contributed by atoms with van der Waals surface area (Å²) in [4.78, 5) is 24.0. The topological polar surface area (TPSA) is 67.4 Å². The van der Waals surface area contributed by atoms with E-state index in [1.807, 2.05) is 31.2 Å². The first-order valence-electron chi connectivity index (χ1n) is 8.46. The summed E-state index contributed by atoms with van der Waals surface area (Å²) in [7, 11) is 0. The summed E-state index contributed by atoms with van der Waals surface area (Å²) in [6, 6.07) is 14.6. The number of hydrogen-bond acceptors (Lipinski definition) is 3. The van der Waals surface area contributed by atoms with Crippen LogP contribution in [0, 0.1) is 12.8 Å². The van der Waals surface area contributed by atoms with Crippen molar-refractivity contribution in [3.8, 4) is 5.75 Å². The minimum Gasteiger partial charge on any atom is -0.481 e. The molecule has 1 fully saturated rings. The number of amides is 2. The number of ether oxygens (including phenoxy) is 1. The van der Waals surface area contributed by atoms with Crippen molar-refractivity contribution in [1.29, 1.82) is 0 Å². The van der Waals surface area contributed by atoms with E-state index in [-0.39, 0.29) is 17.7 Å². The van der Waals surface area contributed by atoms with Gasteiger partial charge in [0.15, 0.2) is 6.10 Å². The molecule has 0 radical (unpaired) electrons. The second-order valence-electron chi connectivity index (χ2n) is 6.40. The van der Waals surface area contributed by atoms with Gasteiger partial charge >= 0.3 is 0 Å². The normalized spacial score (nSPS) is 14.5. The summed E-state index contributed by atoms with van der Waals surface area (Å²) in [5.74, 6) is 0.665. The second-order valence-corrected chi connectivity index (χ2v) is 6.40. The molecule has 1 aliphatic rings. The van der Waals surface area contributed by atoms with Crippen molar-refractivity contribution in [2.75, 3.05) is 10.6 Å². The molecule has 0 heterocycles. The average molecular weight is 338 g/mol. The predicted molar refractivity (Wildman–Crippen MR) is 97.7 cm³/mol. The SMILES string of the molecule is Cc1ccc(O[C@@H](C)C(=O)Nc2ccc(NC(=O)C3CC3)cc2)cc1. The van der Waals surface area contributed by atoms with Gasteiger partial charge in [0.2, 0.25) is 5.91 Å². The molecule has 2 amide bonds. The fourth-order valence-electron chi connectivity index (χ4n) is 2.35. The van der Waals surface area contributed by atoms with Crippen molar-refractivity contribution in [2.45, 2.75) is 32.8 Å². The highest BCUT2D eigenvalue weighted by molar-refractivity contribution is 5.96. The van der Waals surface area contributed by atoms with Gasteiger partial charge in [0.1, 0.15) is 5.75 Å². The summed E-state index contributed by atoms with van der Waals surface area (Å²) in [5.41, 5.74) is 2.53. The van der Waals surface area contributed by atoms with Crippen LogP contribution in [-0.4, -0.2) is 17.9 Å². The van der Waals surface area contributed by atoms with Crippen molar-refractivity contribution >= 4 is 23.2 Å². The summed E-state index contributed by atoms with van der Waals surface area (Å²) in [6.45, 7) is 3.70. The Labute approximate surface area is 147 Å². The molecule has 1 saturated carbocycles. The van der Waals surface area contributed by atoms with Crippen LogP contribution >= 0.6 is 0 Å². The quantitative estimate of drug-likeness (QED) is 0.843. The molecule has 1 aliphatic carbocycles. The van der Waals surface area contributed by atoms with Crippen LogP contribution in [-0.2, 0) is 9.59 Å². The van der Waals surface area contributed by atoms with E-state index in [0.29, 0.717) is 11.4 Å². The number of carbonyl (C=O) groups is 2. The Hall–Kier alpha value is -2.82. The Balaban J connectivity index is 1.52. The lowest BCUT2D eigenvalue weighted by molar-refractivity contribution is -0.122. The molecule has 3 rings (SSSR count). The van der Waals surface area contributed by atoms with Gasteiger partial charge in [-0.2, -0.15) is 0 Å². The van der Waals surface area contributed by atoms with E-state index in [4.69, 9.17) is 4.74 Å². The molecule has 1 atom stereocenters. The zero-order valence-corrected chi connectivity index (χ0v) is 14.4. The van der Waals surface area contributed by atoms with E-state index in [0.717, 1.165) is 24.1 Å². The summed E-state index contributed by atoms with van der Waals surface area (Å²) >= 11 is 0. The summed E-state index contributed by atoms with van der Waals surface area (Å²) in [6.07, 6.45) is 1.33. The first-order chi connectivity index (χ1) is 12.0. The molecule has 2 aromatic carbocycles. The van der Waals surface area contributed by atoms with E-state index < -0.39 is 6.10 Å². The van der Waals surface area contributed by atoms with Gasteiger partial charge in [0.05, 0.1) is 0 Å². The maximum absolute atomic E-state index is 12.2. The monoisotopic (exact) mass is 338 g/mol. The number of carbonyl (C=O) groups excluding carboxylic acids is 2. The predicted octanol–water partition coefficient (Wildman–Crippen LogP) is 3.75. The molecule has 130 valence electrons. The van der Waals surface area contributed by atoms with Crippen LogP contribution in [0.1, 0.15) is 25.3 Å². The van der Waals surface area contributed by atoms with Crippen LogP contribution in [0.5, 0.6) is 5.75 Å². The van der Waals surface area contributed by atoms with Crippen molar-refractivity contribution in [1.82, 2.24) is 0 Å². The lowest BCUT2D eigenvalue weighted by Gasteiger charge is -2.15. The molecule has 0 bridgehead atoms. The molecular formula is C20H22N2O3. The van der Waals surface area contributed by atoms with Crippen LogP contribution in [0.2, 0.25) is 0 Å². The average Bonchev–Trinajstić information content (AvgIpc) is 3.43. The van der Waals surface area contributed by atoms with Gasteiger partial charge in [0.25, 0.3) is 5.91 Å². The van der Waals surface area contributed by atoms with E-state index >= 15 is 0 Å². The highest BCUT2D eigenvalue weighted by atomic mass is 16.5. The van der Waals surface area contributed by atoms with Gasteiger partial charge < -0.3 is 15.4 Å². The summed E-state index contributed by atoms with van der Waals surface area (Å²) < 4.78 is 5.64. The maximum atomic E-state index is 12.2. The van der Waals surface area contributed by atoms with E-state index in [2.05, 4.69) is 10.6 Å². The maximum Gasteiger partial charge on any atom is 0.265 e. The first-order valence-corrected chi connectivity index (χ1v) is 8.46. The third-order valence-electron chi connectivity index (χ3n) is 4.07. The molecule has 2 aromatic rings. The standard InChI is InChI=1S/C20H22N2O3/c1-13-3-11-18(12-4-13)25-14(2)19(23)21-16-7-9-17(10-8-16)22-20(24)15-5-6-15/h3-4,7-12,14-15H,5-6H2,1-2H3,(H,21,23)(H,22,24)/t14-/m0/s1. The molecule has 0 spiro atoms. The van der Waals surface area contributed by atoms with E-state index in [1.54, 1.807) is 31.2 Å². The second kappa shape index (κ2) is 7.38. The van der Waals surface area contributed by atoms with Gasteiger partial charge in [-0.25, -0.2) is 0 Å². The van der Waals surface area contributed by atoms with E-state index in [1.165, 1.54) is 0 Å². The van der Waals surface area contributed by atoms with Crippen molar-refractivity contribution in [3.05, 3.63) is 54.1 Å². The fourth-order valence-corrected chi connectivity index (χ4v) is 2.35. The van der Waals surface area contributed by atoms with Gasteiger partial charge in [0, 0.05) is 17.3 Å². The minimum atomic E-state index is -0.614. The molecule has 2 N–H and O–H groups in total. The van der Waals surface area contributed by atoms with Crippen LogP contribution in [0.4, 0.5) is 11.4 Å². The number of rotatable bonds is 6. The third kappa shape index (κ3) is 4.83. The van der Waals surface area contributed by atoms with Crippen molar-refractivity contribution < 1.29 is 14.3 Å². The van der Waals surface area contributed by atoms with Gasteiger partial charge in [-0.3, -0.25) is 9.59 Å². The molecular weight excluding hydrogens is 316 g/mol. The first kappa shape index (κ1) is 17.0. The number of benzene rings is 2. The molecule has 25 heavy (non-hydrogen) atoms. The molecule has 0 aromatic heterocycles. The van der Waals surface area contributed by atoms with Gasteiger partial charge in [-0.05, 0) is 63.1 Å². The van der Waals surface area contributed by atoms with Crippen LogP contribution in [0.25, 0.3) is 0 Å². The lowest BCUT2D eigenvalue weighted by atomic mass is 10.2. The number of hydrogen-bond donors (Lipinski definition) is 2. The number of aryl methyl sites for hydroxylation is 1. The number of anilines is 2. The highest BCUT2D eigenvalue weighted by Crippen LogP contribution is 2.30.